The lowest BCUT2D eigenvalue weighted by molar-refractivity contribution is -0.385. The molecule has 0 atom stereocenters. The number of nitro groups is 1. The van der Waals surface area contributed by atoms with Gasteiger partial charge in [-0.3, -0.25) is 14.9 Å². The van der Waals surface area contributed by atoms with Crippen molar-refractivity contribution in [3.05, 3.63) is 39.4 Å². The maximum atomic E-state index is 13.3. The van der Waals surface area contributed by atoms with Crippen molar-refractivity contribution >= 4 is 23.2 Å². The Bertz CT molecular complexity index is 540. The molecule has 1 rings (SSSR count). The van der Waals surface area contributed by atoms with E-state index in [1.807, 2.05) is 6.92 Å². The zero-order valence-corrected chi connectivity index (χ0v) is 12.2. The number of hydrogen-bond acceptors (Lipinski definition) is 3. The number of alkyl halides is 1. The van der Waals surface area contributed by atoms with Gasteiger partial charge in [0.15, 0.2) is 11.6 Å². The number of rotatable bonds is 7. The molecule has 0 saturated carbocycles. The predicted octanol–water partition coefficient (Wildman–Crippen LogP) is 3.35. The summed E-state index contributed by atoms with van der Waals surface area (Å²) >= 11 is 5.60. The second-order valence-electron chi connectivity index (χ2n) is 4.38. The second kappa shape index (κ2) is 7.87. The summed E-state index contributed by atoms with van der Waals surface area (Å²) in [6.07, 6.45) is 1.49. The molecule has 1 amide bonds. The lowest BCUT2D eigenvalue weighted by Crippen LogP contribution is -2.34. The minimum absolute atomic E-state index is 0.146. The van der Waals surface area contributed by atoms with Crippen LogP contribution < -0.4 is 0 Å². The van der Waals surface area contributed by atoms with E-state index in [0.717, 1.165) is 6.42 Å². The van der Waals surface area contributed by atoms with Crippen LogP contribution in [0.5, 0.6) is 0 Å². The molecule has 1 aromatic rings. The molecule has 0 aromatic heterocycles. The Morgan fingerprint density at radius 2 is 1.95 bits per heavy atom. The molecule has 0 saturated heterocycles. The number of nitro benzene ring substituents is 1. The van der Waals surface area contributed by atoms with Gasteiger partial charge in [-0.2, -0.15) is 0 Å². The lowest BCUT2D eigenvalue weighted by Gasteiger charge is -2.21. The van der Waals surface area contributed by atoms with Gasteiger partial charge in [0.25, 0.3) is 11.6 Å². The maximum absolute atomic E-state index is 13.3. The van der Waals surface area contributed by atoms with Crippen molar-refractivity contribution in [2.45, 2.75) is 19.8 Å². The van der Waals surface area contributed by atoms with Crippen molar-refractivity contribution in [1.29, 1.82) is 0 Å². The molecule has 0 heterocycles. The van der Waals surface area contributed by atoms with Gasteiger partial charge in [0.1, 0.15) is 5.56 Å². The minimum atomic E-state index is -1.37. The van der Waals surface area contributed by atoms with Gasteiger partial charge in [0.05, 0.1) is 11.0 Å². The van der Waals surface area contributed by atoms with Crippen molar-refractivity contribution in [1.82, 2.24) is 4.90 Å². The van der Waals surface area contributed by atoms with Crippen LogP contribution in [0.2, 0.25) is 0 Å². The van der Waals surface area contributed by atoms with Gasteiger partial charge in [0, 0.05) is 19.0 Å². The fraction of sp³-hybridized carbons (Fsp3) is 0.462. The molecule has 0 N–H and O–H groups in total. The average Bonchev–Trinajstić information content (AvgIpc) is 2.44. The number of carbonyl (C=O) groups excluding carboxylic acids is 1. The van der Waals surface area contributed by atoms with E-state index in [0.29, 0.717) is 25.1 Å². The van der Waals surface area contributed by atoms with E-state index in [9.17, 15) is 23.7 Å². The molecule has 8 heteroatoms. The second-order valence-corrected chi connectivity index (χ2v) is 4.75. The summed E-state index contributed by atoms with van der Waals surface area (Å²) in [7, 11) is 0. The van der Waals surface area contributed by atoms with E-state index in [1.165, 1.54) is 4.90 Å². The Kier molecular flexibility index (Phi) is 6.48. The van der Waals surface area contributed by atoms with Crippen molar-refractivity contribution in [3.63, 3.8) is 0 Å². The predicted molar refractivity (Wildman–Crippen MR) is 74.5 cm³/mol. The van der Waals surface area contributed by atoms with E-state index in [2.05, 4.69) is 0 Å². The Hall–Kier alpha value is -1.76. The van der Waals surface area contributed by atoms with Crippen molar-refractivity contribution in [3.8, 4) is 0 Å². The molecule has 0 aliphatic carbocycles. The van der Waals surface area contributed by atoms with Crippen LogP contribution in [-0.2, 0) is 0 Å². The van der Waals surface area contributed by atoms with E-state index < -0.39 is 33.7 Å². The summed E-state index contributed by atoms with van der Waals surface area (Å²) in [5.41, 5.74) is -1.23. The van der Waals surface area contributed by atoms with Crippen molar-refractivity contribution in [2.75, 3.05) is 19.0 Å². The molecule has 21 heavy (non-hydrogen) atoms. The zero-order valence-electron chi connectivity index (χ0n) is 11.4. The van der Waals surface area contributed by atoms with Gasteiger partial charge < -0.3 is 4.90 Å². The highest BCUT2D eigenvalue weighted by Gasteiger charge is 2.27. The molecule has 0 fully saturated rings. The van der Waals surface area contributed by atoms with Gasteiger partial charge in [-0.15, -0.1) is 11.6 Å². The molecular weight excluding hydrogens is 306 g/mol. The summed E-state index contributed by atoms with van der Waals surface area (Å²) in [4.78, 5) is 23.6. The summed E-state index contributed by atoms with van der Waals surface area (Å²) in [5, 5.41) is 10.9. The average molecular weight is 321 g/mol. The van der Waals surface area contributed by atoms with Crippen LogP contribution in [0.1, 0.15) is 30.1 Å². The van der Waals surface area contributed by atoms with Crippen LogP contribution in [0.4, 0.5) is 14.5 Å². The number of hydrogen-bond donors (Lipinski definition) is 0. The molecule has 0 radical (unpaired) electrons. The highest BCUT2D eigenvalue weighted by atomic mass is 35.5. The molecular formula is C13H15ClF2N2O3. The Morgan fingerprint density at radius 1 is 1.33 bits per heavy atom. The fourth-order valence-electron chi connectivity index (χ4n) is 1.79. The molecule has 5 nitrogen and oxygen atoms in total. The smallest absolute Gasteiger partial charge is 0.285 e. The van der Waals surface area contributed by atoms with Crippen LogP contribution in [0.15, 0.2) is 12.1 Å². The van der Waals surface area contributed by atoms with Gasteiger partial charge in [-0.05, 0) is 12.5 Å². The van der Waals surface area contributed by atoms with Crippen LogP contribution in [-0.4, -0.2) is 34.7 Å². The quantitative estimate of drug-likeness (QED) is 0.439. The first-order chi connectivity index (χ1) is 9.92. The van der Waals surface area contributed by atoms with Gasteiger partial charge >= 0.3 is 0 Å². The Balaban J connectivity index is 3.19. The largest absolute Gasteiger partial charge is 0.337 e. The first kappa shape index (κ1) is 17.3. The molecule has 0 bridgehead atoms. The summed E-state index contributed by atoms with van der Waals surface area (Å²) in [6, 6.07) is 0.976. The van der Waals surface area contributed by atoms with Crippen LogP contribution in [0.3, 0.4) is 0 Å². The normalized spacial score (nSPS) is 10.5. The van der Waals surface area contributed by atoms with Gasteiger partial charge in [0.2, 0.25) is 0 Å². The monoisotopic (exact) mass is 320 g/mol. The number of nitrogens with zero attached hydrogens (tertiary/aromatic N) is 2. The lowest BCUT2D eigenvalue weighted by atomic mass is 10.1. The van der Waals surface area contributed by atoms with Crippen LogP contribution >= 0.6 is 11.6 Å². The number of benzene rings is 1. The number of unbranched alkanes of at least 4 members (excludes halogenated alkanes) is 1. The SMILES string of the molecule is CCCCN(CCCl)C(=O)c1cc(F)c(F)cc1[N+](=O)[O-]. The summed E-state index contributed by atoms with van der Waals surface area (Å²) in [6.45, 7) is 2.44. The van der Waals surface area contributed by atoms with Crippen LogP contribution in [0, 0.1) is 21.7 Å². The third-order valence-electron chi connectivity index (χ3n) is 2.89. The maximum Gasteiger partial charge on any atom is 0.285 e. The standard InChI is InChI=1S/C13H15ClF2N2O3/c1-2-3-5-17(6-4-14)13(19)9-7-10(15)11(16)8-12(9)18(20)21/h7-8H,2-6H2,1H3. The van der Waals surface area contributed by atoms with Crippen molar-refractivity contribution in [2.24, 2.45) is 0 Å². The van der Waals surface area contributed by atoms with E-state index in [-0.39, 0.29) is 12.4 Å². The van der Waals surface area contributed by atoms with Gasteiger partial charge in [-0.1, -0.05) is 13.3 Å². The zero-order chi connectivity index (χ0) is 16.0. The molecule has 0 aliphatic rings. The molecule has 0 aliphatic heterocycles. The number of amides is 1. The minimum Gasteiger partial charge on any atom is -0.337 e. The fourth-order valence-corrected chi connectivity index (χ4v) is 2.00. The third kappa shape index (κ3) is 4.35. The number of carbonyl (C=O) groups is 1. The highest BCUT2D eigenvalue weighted by Crippen LogP contribution is 2.24. The topological polar surface area (TPSA) is 63.5 Å². The molecule has 0 spiro atoms. The third-order valence-corrected chi connectivity index (χ3v) is 3.06. The van der Waals surface area contributed by atoms with Crippen molar-refractivity contribution < 1.29 is 18.5 Å². The van der Waals surface area contributed by atoms with Gasteiger partial charge in [-0.25, -0.2) is 8.78 Å². The summed E-state index contributed by atoms with van der Waals surface area (Å²) < 4.78 is 26.4. The first-order valence-corrected chi connectivity index (χ1v) is 6.94. The molecule has 1 aromatic carbocycles. The Morgan fingerprint density at radius 3 is 2.48 bits per heavy atom. The summed E-state index contributed by atoms with van der Waals surface area (Å²) in [5.74, 6) is -3.25. The first-order valence-electron chi connectivity index (χ1n) is 6.41. The molecule has 0 unspecified atom stereocenters. The Labute approximate surface area is 125 Å². The number of halogens is 3. The highest BCUT2D eigenvalue weighted by molar-refractivity contribution is 6.18. The van der Waals surface area contributed by atoms with Crippen LogP contribution in [0.25, 0.3) is 0 Å². The molecule has 116 valence electrons. The van der Waals surface area contributed by atoms with E-state index in [1.54, 1.807) is 0 Å². The van der Waals surface area contributed by atoms with E-state index in [4.69, 9.17) is 11.6 Å². The van der Waals surface area contributed by atoms with E-state index >= 15 is 0 Å².